The maximum atomic E-state index is 12.0. The van der Waals surface area contributed by atoms with Crippen LogP contribution in [0.2, 0.25) is 5.02 Å². The highest BCUT2D eigenvalue weighted by atomic mass is 35.5. The number of rotatable bonds is 6. The van der Waals surface area contributed by atoms with Gasteiger partial charge in [-0.15, -0.1) is 11.3 Å². The molecule has 2 aromatic rings. The molecule has 1 amide bonds. The number of ether oxygens (including phenoxy) is 1. The fourth-order valence-electron chi connectivity index (χ4n) is 1.89. The van der Waals surface area contributed by atoms with Crippen molar-refractivity contribution in [3.8, 4) is 5.75 Å². The molecule has 0 aliphatic rings. The number of nitrogens with one attached hydrogen (secondary N) is 1. The van der Waals surface area contributed by atoms with Gasteiger partial charge in [-0.05, 0) is 48.1 Å². The summed E-state index contributed by atoms with van der Waals surface area (Å²) in [5.41, 5.74) is 1.99. The van der Waals surface area contributed by atoms with Gasteiger partial charge in [0.05, 0.1) is 4.88 Å². The van der Waals surface area contributed by atoms with Crippen molar-refractivity contribution >= 4 is 28.8 Å². The molecule has 0 aliphatic heterocycles. The first kappa shape index (κ1) is 16.8. The quantitative estimate of drug-likeness (QED) is 0.831. The summed E-state index contributed by atoms with van der Waals surface area (Å²) in [6, 6.07) is 7.42. The van der Waals surface area contributed by atoms with Crippen molar-refractivity contribution in [3.63, 3.8) is 0 Å². The largest absolute Gasteiger partial charge is 0.489 e. The predicted octanol–water partition coefficient (Wildman–Crippen LogP) is 4.67. The number of halogens is 1. The number of carbonyl (C=O) groups is 1. The van der Waals surface area contributed by atoms with Gasteiger partial charge < -0.3 is 10.1 Å². The molecule has 0 unspecified atom stereocenters. The predicted molar refractivity (Wildman–Crippen MR) is 92.0 cm³/mol. The molecule has 22 heavy (non-hydrogen) atoms. The zero-order valence-corrected chi connectivity index (χ0v) is 14.6. The van der Waals surface area contributed by atoms with Gasteiger partial charge in [0.1, 0.15) is 12.4 Å². The minimum atomic E-state index is -0.0207. The average Bonchev–Trinajstić information content (AvgIpc) is 2.92. The summed E-state index contributed by atoms with van der Waals surface area (Å²) in [6.45, 7) is 7.23. The standard InChI is InChI=1S/C17H20ClNO2S/c1-11(2)8-19-17(20)16-7-13(10-22-16)9-21-15-5-4-14(18)6-12(15)3/h4-7,10-11H,8-9H2,1-3H3,(H,19,20). The third-order valence-corrected chi connectivity index (χ3v) is 4.29. The van der Waals surface area contributed by atoms with E-state index < -0.39 is 0 Å². The lowest BCUT2D eigenvalue weighted by Gasteiger charge is -2.08. The zero-order chi connectivity index (χ0) is 16.1. The third-order valence-electron chi connectivity index (χ3n) is 3.08. The van der Waals surface area contributed by atoms with Crippen LogP contribution in [0.1, 0.15) is 34.6 Å². The Balaban J connectivity index is 1.93. The van der Waals surface area contributed by atoms with Crippen molar-refractivity contribution < 1.29 is 9.53 Å². The lowest BCUT2D eigenvalue weighted by Crippen LogP contribution is -2.26. The Labute approximate surface area is 140 Å². The van der Waals surface area contributed by atoms with Crippen LogP contribution in [0.3, 0.4) is 0 Å². The molecule has 0 bridgehead atoms. The summed E-state index contributed by atoms with van der Waals surface area (Å²) in [5, 5.41) is 5.57. The molecule has 0 saturated carbocycles. The summed E-state index contributed by atoms with van der Waals surface area (Å²) in [7, 11) is 0. The van der Waals surface area contributed by atoms with E-state index in [4.69, 9.17) is 16.3 Å². The molecule has 0 aliphatic carbocycles. The molecule has 1 N–H and O–H groups in total. The van der Waals surface area contributed by atoms with E-state index in [1.807, 2.05) is 36.6 Å². The maximum Gasteiger partial charge on any atom is 0.261 e. The normalized spacial score (nSPS) is 10.8. The van der Waals surface area contributed by atoms with Gasteiger partial charge in [-0.3, -0.25) is 4.79 Å². The van der Waals surface area contributed by atoms with Crippen molar-refractivity contribution in [2.45, 2.75) is 27.4 Å². The van der Waals surface area contributed by atoms with Gasteiger partial charge in [0.25, 0.3) is 5.91 Å². The van der Waals surface area contributed by atoms with Crippen molar-refractivity contribution in [1.29, 1.82) is 0 Å². The highest BCUT2D eigenvalue weighted by molar-refractivity contribution is 7.12. The van der Waals surface area contributed by atoms with Crippen LogP contribution >= 0.6 is 22.9 Å². The van der Waals surface area contributed by atoms with Crippen LogP contribution in [0.25, 0.3) is 0 Å². The molecular weight excluding hydrogens is 318 g/mol. The summed E-state index contributed by atoms with van der Waals surface area (Å²) in [4.78, 5) is 12.7. The number of carbonyl (C=O) groups excluding carboxylic acids is 1. The zero-order valence-electron chi connectivity index (χ0n) is 13.0. The van der Waals surface area contributed by atoms with E-state index in [0.717, 1.165) is 16.9 Å². The number of amides is 1. The molecule has 0 spiro atoms. The first-order chi connectivity index (χ1) is 10.5. The fraction of sp³-hybridized carbons (Fsp3) is 0.353. The van der Waals surface area contributed by atoms with Crippen LogP contribution in [0.4, 0.5) is 0 Å². The third kappa shape index (κ3) is 4.75. The lowest BCUT2D eigenvalue weighted by atomic mass is 10.2. The summed E-state index contributed by atoms with van der Waals surface area (Å²) in [6.07, 6.45) is 0. The lowest BCUT2D eigenvalue weighted by molar-refractivity contribution is 0.0953. The first-order valence-electron chi connectivity index (χ1n) is 7.20. The molecule has 3 nitrogen and oxygen atoms in total. The summed E-state index contributed by atoms with van der Waals surface area (Å²) >= 11 is 7.36. The van der Waals surface area contributed by atoms with E-state index >= 15 is 0 Å². The molecule has 0 fully saturated rings. The van der Waals surface area contributed by atoms with E-state index in [1.54, 1.807) is 0 Å². The van der Waals surface area contributed by atoms with Crippen molar-refractivity contribution in [2.75, 3.05) is 6.54 Å². The molecule has 1 heterocycles. The van der Waals surface area contributed by atoms with Crippen LogP contribution in [-0.2, 0) is 6.61 Å². The molecule has 1 aromatic heterocycles. The Morgan fingerprint density at radius 3 is 2.82 bits per heavy atom. The van der Waals surface area contributed by atoms with Gasteiger partial charge >= 0.3 is 0 Å². The number of hydrogen-bond donors (Lipinski definition) is 1. The van der Waals surface area contributed by atoms with E-state index in [1.165, 1.54) is 11.3 Å². The van der Waals surface area contributed by atoms with Gasteiger partial charge in [-0.1, -0.05) is 25.4 Å². The van der Waals surface area contributed by atoms with Gasteiger partial charge in [0.2, 0.25) is 0 Å². The monoisotopic (exact) mass is 337 g/mol. The number of benzene rings is 1. The van der Waals surface area contributed by atoms with E-state index in [2.05, 4.69) is 19.2 Å². The molecule has 2 rings (SSSR count). The Bertz CT molecular complexity index is 652. The molecule has 0 atom stereocenters. The molecule has 0 radical (unpaired) electrons. The number of thiophene rings is 1. The van der Waals surface area contributed by atoms with E-state index in [9.17, 15) is 4.79 Å². The fourth-order valence-corrected chi connectivity index (χ4v) is 2.93. The van der Waals surface area contributed by atoms with Crippen molar-refractivity contribution in [3.05, 3.63) is 50.7 Å². The number of hydrogen-bond acceptors (Lipinski definition) is 3. The number of aryl methyl sites for hydroxylation is 1. The smallest absolute Gasteiger partial charge is 0.261 e. The maximum absolute atomic E-state index is 12.0. The van der Waals surface area contributed by atoms with Crippen LogP contribution in [0.15, 0.2) is 29.6 Å². The molecule has 1 aromatic carbocycles. The highest BCUT2D eigenvalue weighted by Crippen LogP contribution is 2.23. The van der Waals surface area contributed by atoms with E-state index in [0.29, 0.717) is 29.0 Å². The Kier molecular flexibility index (Phi) is 5.86. The Morgan fingerprint density at radius 2 is 2.14 bits per heavy atom. The minimum absolute atomic E-state index is 0.0207. The first-order valence-corrected chi connectivity index (χ1v) is 8.46. The van der Waals surface area contributed by atoms with Crippen LogP contribution in [0.5, 0.6) is 5.75 Å². The van der Waals surface area contributed by atoms with Gasteiger partial charge in [0, 0.05) is 17.1 Å². The van der Waals surface area contributed by atoms with Crippen LogP contribution in [-0.4, -0.2) is 12.5 Å². The molecule has 118 valence electrons. The van der Waals surface area contributed by atoms with Crippen molar-refractivity contribution in [2.24, 2.45) is 5.92 Å². The van der Waals surface area contributed by atoms with Crippen LogP contribution in [0, 0.1) is 12.8 Å². The second kappa shape index (κ2) is 7.65. The SMILES string of the molecule is Cc1cc(Cl)ccc1OCc1csc(C(=O)NCC(C)C)c1. The second-order valence-corrected chi connectivity index (χ2v) is 6.97. The van der Waals surface area contributed by atoms with Gasteiger partial charge in [-0.2, -0.15) is 0 Å². The molecular formula is C17H20ClNO2S. The highest BCUT2D eigenvalue weighted by Gasteiger charge is 2.10. The summed E-state index contributed by atoms with van der Waals surface area (Å²) < 4.78 is 5.79. The molecule has 5 heteroatoms. The topological polar surface area (TPSA) is 38.3 Å². The Hall–Kier alpha value is -1.52. The second-order valence-electron chi connectivity index (χ2n) is 5.62. The summed E-state index contributed by atoms with van der Waals surface area (Å²) in [5.74, 6) is 1.23. The minimum Gasteiger partial charge on any atom is -0.489 e. The Morgan fingerprint density at radius 1 is 1.36 bits per heavy atom. The molecule has 0 saturated heterocycles. The van der Waals surface area contributed by atoms with E-state index in [-0.39, 0.29) is 5.91 Å². The average molecular weight is 338 g/mol. The van der Waals surface area contributed by atoms with Gasteiger partial charge in [-0.25, -0.2) is 0 Å². The van der Waals surface area contributed by atoms with Crippen LogP contribution < -0.4 is 10.1 Å². The van der Waals surface area contributed by atoms with Crippen molar-refractivity contribution in [1.82, 2.24) is 5.32 Å². The van der Waals surface area contributed by atoms with Gasteiger partial charge in [0.15, 0.2) is 0 Å².